The van der Waals surface area contributed by atoms with Gasteiger partial charge in [-0.1, -0.05) is 127 Å². The van der Waals surface area contributed by atoms with E-state index in [1.54, 1.807) is 0 Å². The van der Waals surface area contributed by atoms with E-state index in [9.17, 15) is 0 Å². The molecule has 0 unspecified atom stereocenters. The summed E-state index contributed by atoms with van der Waals surface area (Å²) in [7, 11) is 0. The molecule has 5 rings (SSSR count). The molecule has 1 saturated heterocycles. The predicted octanol–water partition coefficient (Wildman–Crippen LogP) is 7.63. The van der Waals surface area contributed by atoms with E-state index in [2.05, 4.69) is 127 Å². The van der Waals surface area contributed by atoms with Gasteiger partial charge in [-0.05, 0) is 47.1 Å². The Kier molecular flexibility index (Phi) is 6.00. The molecule has 4 aromatic rings. The van der Waals surface area contributed by atoms with Gasteiger partial charge in [-0.3, -0.25) is 0 Å². The van der Waals surface area contributed by atoms with Gasteiger partial charge in [0.1, 0.15) is 5.60 Å². The van der Waals surface area contributed by atoms with Crippen LogP contribution in [0.4, 0.5) is 0 Å². The van der Waals surface area contributed by atoms with E-state index in [1.807, 2.05) is 0 Å². The molecule has 1 heterocycles. The van der Waals surface area contributed by atoms with Crippen LogP contribution in [0.1, 0.15) is 41.5 Å². The Balaban J connectivity index is 1.45. The molecule has 158 valence electrons. The minimum Gasteiger partial charge on any atom is -0.362 e. The van der Waals surface area contributed by atoms with Gasteiger partial charge in [0.05, 0.1) is 6.10 Å². The van der Waals surface area contributed by atoms with E-state index in [0.29, 0.717) is 0 Å². The Hall–Kier alpha value is -3.42. The fourth-order valence-corrected chi connectivity index (χ4v) is 4.83. The average Bonchev–Trinajstić information content (AvgIpc) is 3.32. The first-order valence-electron chi connectivity index (χ1n) is 11.4. The maximum Gasteiger partial charge on any atom is 0.119 e. The van der Waals surface area contributed by atoms with Crippen LogP contribution in [0.3, 0.4) is 0 Å². The lowest BCUT2D eigenvalue weighted by molar-refractivity contribution is -0.0148. The molecule has 1 aliphatic rings. The third kappa shape index (κ3) is 4.17. The zero-order chi connectivity index (χ0) is 21.6. The van der Waals surface area contributed by atoms with Crippen LogP contribution in [0.5, 0.6) is 0 Å². The van der Waals surface area contributed by atoms with Crippen LogP contribution < -0.4 is 0 Å². The van der Waals surface area contributed by atoms with E-state index in [0.717, 1.165) is 19.3 Å². The van der Waals surface area contributed by atoms with Crippen molar-refractivity contribution in [1.82, 2.24) is 0 Å². The third-order valence-corrected chi connectivity index (χ3v) is 6.42. The lowest BCUT2D eigenvalue weighted by Crippen LogP contribution is -2.28. The van der Waals surface area contributed by atoms with Gasteiger partial charge >= 0.3 is 0 Å². The minimum atomic E-state index is -0.374. The molecule has 32 heavy (non-hydrogen) atoms. The molecule has 0 bridgehead atoms. The van der Waals surface area contributed by atoms with Crippen LogP contribution in [-0.2, 0) is 10.3 Å². The molecule has 4 aromatic carbocycles. The molecule has 1 aliphatic heterocycles. The minimum absolute atomic E-state index is 0.179. The maximum absolute atomic E-state index is 6.90. The molecule has 1 atom stereocenters. The van der Waals surface area contributed by atoms with Crippen LogP contribution >= 0.6 is 0 Å². The third-order valence-electron chi connectivity index (χ3n) is 6.42. The molecule has 0 spiro atoms. The molecule has 0 radical (unpaired) electrons. The van der Waals surface area contributed by atoms with Crippen molar-refractivity contribution in [2.24, 2.45) is 0 Å². The van der Waals surface area contributed by atoms with Crippen molar-refractivity contribution in [2.45, 2.75) is 31.0 Å². The van der Waals surface area contributed by atoms with Gasteiger partial charge in [-0.15, -0.1) is 0 Å². The Morgan fingerprint density at radius 3 is 1.56 bits per heavy atom. The molecule has 0 aliphatic carbocycles. The molecule has 0 aromatic heterocycles. The van der Waals surface area contributed by atoms with Crippen molar-refractivity contribution in [3.05, 3.63) is 150 Å². The quantitative estimate of drug-likeness (QED) is 0.314. The summed E-state index contributed by atoms with van der Waals surface area (Å²) in [5.41, 5.74) is 5.86. The van der Waals surface area contributed by atoms with E-state index in [1.165, 1.54) is 27.8 Å². The second-order valence-electron chi connectivity index (χ2n) is 8.42. The second kappa shape index (κ2) is 9.38. The van der Waals surface area contributed by atoms with Crippen molar-refractivity contribution < 1.29 is 4.74 Å². The SMILES string of the molecule is C(C[C@@H]1CCC(c2ccccc2)(c2ccccc2)O1)=C(c1ccccc1)c1ccccc1. The molecule has 0 amide bonds. The largest absolute Gasteiger partial charge is 0.362 e. The number of benzene rings is 4. The van der Waals surface area contributed by atoms with Gasteiger partial charge in [0.15, 0.2) is 0 Å². The van der Waals surface area contributed by atoms with Crippen molar-refractivity contribution >= 4 is 5.57 Å². The van der Waals surface area contributed by atoms with Crippen molar-refractivity contribution in [2.75, 3.05) is 0 Å². The molecular formula is C31H28O. The average molecular weight is 417 g/mol. The molecular weight excluding hydrogens is 388 g/mol. The first-order chi connectivity index (χ1) is 15.9. The molecule has 0 N–H and O–H groups in total. The normalized spacial score (nSPS) is 17.1. The molecule has 1 fully saturated rings. The molecule has 1 heteroatoms. The predicted molar refractivity (Wildman–Crippen MR) is 132 cm³/mol. The van der Waals surface area contributed by atoms with E-state index < -0.39 is 0 Å². The van der Waals surface area contributed by atoms with Crippen LogP contribution in [0.2, 0.25) is 0 Å². The zero-order valence-corrected chi connectivity index (χ0v) is 18.2. The highest BCUT2D eigenvalue weighted by molar-refractivity contribution is 5.79. The van der Waals surface area contributed by atoms with Crippen LogP contribution in [0.25, 0.3) is 5.57 Å². The standard InChI is InChI=1S/C31H28O/c1-5-13-25(14-6-1)30(26-15-7-2-8-16-26)22-21-29-23-24-31(32-29,27-17-9-3-10-18-27)28-19-11-4-12-20-28/h1-20,22,29H,21,23-24H2/t29-/m1/s1. The van der Waals surface area contributed by atoms with Gasteiger partial charge in [0, 0.05) is 0 Å². The second-order valence-corrected chi connectivity index (χ2v) is 8.42. The number of rotatable bonds is 6. The fourth-order valence-electron chi connectivity index (χ4n) is 4.83. The van der Waals surface area contributed by atoms with Crippen molar-refractivity contribution in [1.29, 1.82) is 0 Å². The van der Waals surface area contributed by atoms with E-state index >= 15 is 0 Å². The summed E-state index contributed by atoms with van der Waals surface area (Å²) in [6, 6.07) is 42.7. The lowest BCUT2D eigenvalue weighted by Gasteiger charge is -2.31. The number of hydrogen-bond acceptors (Lipinski definition) is 1. The Bertz CT molecular complexity index is 1070. The summed E-state index contributed by atoms with van der Waals surface area (Å²) < 4.78 is 6.90. The summed E-state index contributed by atoms with van der Waals surface area (Å²) in [5.74, 6) is 0. The van der Waals surface area contributed by atoms with Gasteiger partial charge in [0.25, 0.3) is 0 Å². The topological polar surface area (TPSA) is 9.23 Å². The van der Waals surface area contributed by atoms with Crippen LogP contribution in [0.15, 0.2) is 127 Å². The van der Waals surface area contributed by atoms with Gasteiger partial charge in [0.2, 0.25) is 0 Å². The highest BCUT2D eigenvalue weighted by Gasteiger charge is 2.42. The van der Waals surface area contributed by atoms with Gasteiger partial charge in [-0.25, -0.2) is 0 Å². The summed E-state index contributed by atoms with van der Waals surface area (Å²) in [6.07, 6.45) is 5.46. The zero-order valence-electron chi connectivity index (χ0n) is 18.2. The van der Waals surface area contributed by atoms with Crippen LogP contribution in [0, 0.1) is 0 Å². The first-order valence-corrected chi connectivity index (χ1v) is 11.4. The van der Waals surface area contributed by atoms with Crippen LogP contribution in [-0.4, -0.2) is 6.10 Å². The lowest BCUT2D eigenvalue weighted by atomic mass is 9.84. The summed E-state index contributed by atoms with van der Waals surface area (Å²) >= 11 is 0. The van der Waals surface area contributed by atoms with Gasteiger partial charge < -0.3 is 4.74 Å². The number of ether oxygens (including phenoxy) is 1. The highest BCUT2D eigenvalue weighted by Crippen LogP contribution is 2.45. The van der Waals surface area contributed by atoms with Gasteiger partial charge in [-0.2, -0.15) is 0 Å². The number of hydrogen-bond donors (Lipinski definition) is 0. The molecule has 1 nitrogen and oxygen atoms in total. The Labute approximate surface area is 191 Å². The smallest absolute Gasteiger partial charge is 0.119 e. The monoisotopic (exact) mass is 416 g/mol. The fraction of sp³-hybridized carbons (Fsp3) is 0.161. The Morgan fingerprint density at radius 2 is 1.09 bits per heavy atom. The van der Waals surface area contributed by atoms with E-state index in [-0.39, 0.29) is 11.7 Å². The summed E-state index contributed by atoms with van der Waals surface area (Å²) in [5, 5.41) is 0. The maximum atomic E-state index is 6.90. The Morgan fingerprint density at radius 1 is 0.656 bits per heavy atom. The van der Waals surface area contributed by atoms with Crippen molar-refractivity contribution in [3.63, 3.8) is 0 Å². The molecule has 0 saturated carbocycles. The summed E-state index contributed by atoms with van der Waals surface area (Å²) in [4.78, 5) is 0. The highest BCUT2D eigenvalue weighted by atomic mass is 16.5. The first kappa shape index (κ1) is 20.5. The van der Waals surface area contributed by atoms with E-state index in [4.69, 9.17) is 4.74 Å². The van der Waals surface area contributed by atoms with Crippen molar-refractivity contribution in [3.8, 4) is 0 Å². The summed E-state index contributed by atoms with van der Waals surface area (Å²) in [6.45, 7) is 0.